The number of halogens is 1. The summed E-state index contributed by atoms with van der Waals surface area (Å²) >= 11 is 5.58. The molecule has 1 aromatic heterocycles. The van der Waals surface area contributed by atoms with Gasteiger partial charge in [0.25, 0.3) is 5.91 Å². The number of carbonyl (C=O) groups excluding carboxylic acids is 1. The first kappa shape index (κ1) is 13.2. The number of hydrogen-bond acceptors (Lipinski definition) is 3. The van der Waals surface area contributed by atoms with Crippen molar-refractivity contribution in [1.29, 1.82) is 0 Å². The van der Waals surface area contributed by atoms with Crippen LogP contribution >= 0.6 is 11.6 Å². The molecule has 0 unspecified atom stereocenters. The number of rotatable bonds is 4. The molecule has 0 spiro atoms. The lowest BCUT2D eigenvalue weighted by molar-refractivity contribution is 0.0952. The predicted octanol–water partition coefficient (Wildman–Crippen LogP) is 1.94. The lowest BCUT2D eigenvalue weighted by Crippen LogP contribution is -2.25. The van der Waals surface area contributed by atoms with Crippen LogP contribution in [0.4, 0.5) is 5.69 Å². The number of nitrogens with two attached hydrogens (primary N) is 1. The zero-order chi connectivity index (χ0) is 13.8. The number of benzene rings is 1. The Morgan fingerprint density at radius 3 is 2.68 bits per heavy atom. The molecule has 3 N–H and O–H groups in total. The Morgan fingerprint density at radius 2 is 2.05 bits per heavy atom. The Balaban J connectivity index is 2.12. The highest BCUT2D eigenvalue weighted by Gasteiger charge is 2.09. The van der Waals surface area contributed by atoms with Crippen LogP contribution in [0.25, 0.3) is 5.69 Å². The van der Waals surface area contributed by atoms with E-state index in [2.05, 4.69) is 17.0 Å². The summed E-state index contributed by atoms with van der Waals surface area (Å²) in [6, 6.07) is 8.82. The van der Waals surface area contributed by atoms with E-state index in [1.54, 1.807) is 29.1 Å². The number of nitrogens with one attached hydrogen (secondary N) is 1. The molecule has 2 aromatic rings. The number of nitrogen functional groups attached to an aromatic ring is 1. The van der Waals surface area contributed by atoms with Crippen molar-refractivity contribution in [3.8, 4) is 5.69 Å². The first-order chi connectivity index (χ1) is 9.06. The molecule has 0 radical (unpaired) electrons. The van der Waals surface area contributed by atoms with Crippen molar-refractivity contribution in [1.82, 2.24) is 15.1 Å². The van der Waals surface area contributed by atoms with Gasteiger partial charge in [0, 0.05) is 16.9 Å². The van der Waals surface area contributed by atoms with Crippen LogP contribution in [0.3, 0.4) is 0 Å². The summed E-state index contributed by atoms with van der Waals surface area (Å²) < 4.78 is 1.60. The molecule has 0 aliphatic carbocycles. The Labute approximate surface area is 115 Å². The van der Waals surface area contributed by atoms with Crippen LogP contribution in [0.15, 0.2) is 48.1 Å². The molecule has 5 nitrogen and oxygen atoms in total. The van der Waals surface area contributed by atoms with Crippen molar-refractivity contribution in [2.24, 2.45) is 0 Å². The molecule has 19 heavy (non-hydrogen) atoms. The summed E-state index contributed by atoms with van der Waals surface area (Å²) in [4.78, 5) is 11.7. The highest BCUT2D eigenvalue weighted by atomic mass is 35.5. The van der Waals surface area contributed by atoms with Gasteiger partial charge in [0.1, 0.15) is 0 Å². The van der Waals surface area contributed by atoms with Crippen molar-refractivity contribution in [3.05, 3.63) is 53.8 Å². The van der Waals surface area contributed by atoms with Gasteiger partial charge in [-0.25, -0.2) is 4.68 Å². The number of amides is 1. The van der Waals surface area contributed by atoms with Gasteiger partial charge in [-0.15, -0.1) is 0 Å². The fourth-order valence-electron chi connectivity index (χ4n) is 1.48. The quantitative estimate of drug-likeness (QED) is 0.838. The summed E-state index contributed by atoms with van der Waals surface area (Å²) in [5.74, 6) is -0.295. The van der Waals surface area contributed by atoms with Crippen LogP contribution in [-0.4, -0.2) is 22.2 Å². The Hall–Kier alpha value is -2.27. The van der Waals surface area contributed by atoms with Crippen LogP contribution in [0.1, 0.15) is 10.5 Å². The molecule has 6 heteroatoms. The standard InChI is InChI=1S/C13H13ClN4O/c1-9(14)8-16-13(19)12-6-7-18(17-12)11-4-2-10(15)3-5-11/h2-7H,1,8,15H2,(H,16,19). The Bertz CT molecular complexity index is 603. The maximum Gasteiger partial charge on any atom is 0.272 e. The smallest absolute Gasteiger partial charge is 0.272 e. The summed E-state index contributed by atoms with van der Waals surface area (Å²) in [6.07, 6.45) is 1.70. The maximum atomic E-state index is 11.7. The van der Waals surface area contributed by atoms with Crippen molar-refractivity contribution < 1.29 is 4.79 Å². The second-order valence-electron chi connectivity index (χ2n) is 3.94. The van der Waals surface area contributed by atoms with E-state index in [9.17, 15) is 4.79 Å². The van der Waals surface area contributed by atoms with E-state index in [0.29, 0.717) is 16.4 Å². The van der Waals surface area contributed by atoms with E-state index in [4.69, 9.17) is 17.3 Å². The van der Waals surface area contributed by atoms with Crippen LogP contribution in [0, 0.1) is 0 Å². The van der Waals surface area contributed by atoms with E-state index in [1.165, 1.54) is 0 Å². The van der Waals surface area contributed by atoms with Gasteiger partial charge < -0.3 is 11.1 Å². The van der Waals surface area contributed by atoms with Gasteiger partial charge in [-0.3, -0.25) is 4.79 Å². The number of hydrogen-bond donors (Lipinski definition) is 2. The van der Waals surface area contributed by atoms with Gasteiger partial charge in [-0.2, -0.15) is 5.10 Å². The number of anilines is 1. The van der Waals surface area contributed by atoms with E-state index in [0.717, 1.165) is 5.69 Å². The average molecular weight is 277 g/mol. The molecule has 2 rings (SSSR count). The van der Waals surface area contributed by atoms with Crippen molar-refractivity contribution in [3.63, 3.8) is 0 Å². The molecule has 0 saturated carbocycles. The summed E-state index contributed by atoms with van der Waals surface area (Å²) in [7, 11) is 0. The largest absolute Gasteiger partial charge is 0.399 e. The minimum Gasteiger partial charge on any atom is -0.399 e. The van der Waals surface area contributed by atoms with E-state index < -0.39 is 0 Å². The SMILES string of the molecule is C=C(Cl)CNC(=O)c1ccn(-c2ccc(N)cc2)n1. The molecular formula is C13H13ClN4O. The molecule has 0 saturated heterocycles. The average Bonchev–Trinajstić information content (AvgIpc) is 2.86. The normalized spacial score (nSPS) is 10.2. The van der Waals surface area contributed by atoms with Crippen LogP contribution in [0.5, 0.6) is 0 Å². The third kappa shape index (κ3) is 3.35. The second-order valence-corrected chi connectivity index (χ2v) is 4.47. The fraction of sp³-hybridized carbons (Fsp3) is 0.0769. The van der Waals surface area contributed by atoms with Gasteiger partial charge in [-0.05, 0) is 30.3 Å². The fourth-order valence-corrected chi connectivity index (χ4v) is 1.55. The third-order valence-corrected chi connectivity index (χ3v) is 2.55. The summed E-state index contributed by atoms with van der Waals surface area (Å²) in [5, 5.41) is 7.15. The molecule has 1 heterocycles. The van der Waals surface area contributed by atoms with E-state index in [1.807, 2.05) is 12.1 Å². The Kier molecular flexibility index (Phi) is 3.87. The third-order valence-electron chi connectivity index (χ3n) is 2.42. The van der Waals surface area contributed by atoms with E-state index in [-0.39, 0.29) is 12.5 Å². The molecule has 0 atom stereocenters. The van der Waals surface area contributed by atoms with Gasteiger partial charge in [0.15, 0.2) is 5.69 Å². The zero-order valence-corrected chi connectivity index (χ0v) is 10.9. The topological polar surface area (TPSA) is 72.9 Å². The lowest BCUT2D eigenvalue weighted by atomic mass is 10.3. The highest BCUT2D eigenvalue weighted by molar-refractivity contribution is 6.29. The van der Waals surface area contributed by atoms with Crippen molar-refractivity contribution in [2.45, 2.75) is 0 Å². The molecule has 0 aliphatic heterocycles. The van der Waals surface area contributed by atoms with E-state index >= 15 is 0 Å². The summed E-state index contributed by atoms with van der Waals surface area (Å²) in [6.45, 7) is 3.71. The van der Waals surface area contributed by atoms with Crippen molar-refractivity contribution >= 4 is 23.2 Å². The molecule has 0 aliphatic rings. The van der Waals surface area contributed by atoms with Crippen LogP contribution in [0.2, 0.25) is 0 Å². The predicted molar refractivity (Wildman–Crippen MR) is 75.3 cm³/mol. The van der Waals surface area contributed by atoms with Crippen LogP contribution in [-0.2, 0) is 0 Å². The molecule has 0 fully saturated rings. The van der Waals surface area contributed by atoms with Crippen LogP contribution < -0.4 is 11.1 Å². The molecule has 1 amide bonds. The number of carbonyl (C=O) groups is 1. The first-order valence-corrected chi connectivity index (χ1v) is 5.97. The minimum atomic E-state index is -0.295. The van der Waals surface area contributed by atoms with Gasteiger partial charge in [0.2, 0.25) is 0 Å². The van der Waals surface area contributed by atoms with Gasteiger partial charge >= 0.3 is 0 Å². The lowest BCUT2D eigenvalue weighted by Gasteiger charge is -2.02. The minimum absolute atomic E-state index is 0.217. The molecular weight excluding hydrogens is 264 g/mol. The van der Waals surface area contributed by atoms with Gasteiger partial charge in [0.05, 0.1) is 12.2 Å². The molecule has 1 aromatic carbocycles. The highest BCUT2D eigenvalue weighted by Crippen LogP contribution is 2.10. The number of aromatic nitrogens is 2. The molecule has 0 bridgehead atoms. The monoisotopic (exact) mass is 276 g/mol. The zero-order valence-electron chi connectivity index (χ0n) is 10.1. The van der Waals surface area contributed by atoms with Crippen molar-refractivity contribution in [2.75, 3.05) is 12.3 Å². The molecule has 98 valence electrons. The Morgan fingerprint density at radius 1 is 1.37 bits per heavy atom. The maximum absolute atomic E-state index is 11.7. The summed E-state index contributed by atoms with van der Waals surface area (Å²) in [5.41, 5.74) is 7.43. The number of nitrogens with zero attached hydrogens (tertiary/aromatic N) is 2. The second kappa shape index (κ2) is 5.58. The first-order valence-electron chi connectivity index (χ1n) is 5.59. The van der Waals surface area contributed by atoms with Gasteiger partial charge in [-0.1, -0.05) is 18.2 Å².